The first-order valence-corrected chi connectivity index (χ1v) is 7.24. The van der Waals surface area contributed by atoms with Crippen molar-refractivity contribution in [2.45, 2.75) is 19.3 Å². The van der Waals surface area contributed by atoms with Gasteiger partial charge in [0.25, 0.3) is 0 Å². The predicted molar refractivity (Wildman–Crippen MR) is 82.9 cm³/mol. The molecule has 1 amide bonds. The summed E-state index contributed by atoms with van der Waals surface area (Å²) in [5.74, 6) is -0.00410. The number of fused-ring (bicyclic) bond motifs is 1. The molecule has 106 valence electrons. The third-order valence-corrected chi connectivity index (χ3v) is 3.85. The summed E-state index contributed by atoms with van der Waals surface area (Å²) in [6.45, 7) is 0. The number of hydrogen-bond donors (Lipinski definition) is 1. The van der Waals surface area contributed by atoms with Crippen LogP contribution in [0.4, 0.5) is 5.69 Å². The number of nitrogens with one attached hydrogen (secondary N) is 1. The van der Waals surface area contributed by atoms with Gasteiger partial charge in [0.15, 0.2) is 5.78 Å². The maximum atomic E-state index is 12.5. The van der Waals surface area contributed by atoms with Crippen molar-refractivity contribution in [3.05, 3.63) is 64.2 Å². The van der Waals surface area contributed by atoms with Crippen molar-refractivity contribution in [1.29, 1.82) is 0 Å². The Morgan fingerprint density at radius 2 is 1.71 bits per heavy atom. The number of carbonyl (C=O) groups excluding carboxylic acids is 2. The predicted octanol–water partition coefficient (Wildman–Crippen LogP) is 3.85. The van der Waals surface area contributed by atoms with Crippen LogP contribution in [0.2, 0.25) is 5.02 Å². The molecule has 0 aromatic heterocycles. The number of anilines is 1. The molecule has 1 heterocycles. The monoisotopic (exact) mass is 299 g/mol. The minimum Gasteiger partial charge on any atom is -0.326 e. The van der Waals surface area contributed by atoms with Gasteiger partial charge in [-0.3, -0.25) is 9.59 Å². The highest BCUT2D eigenvalue weighted by molar-refractivity contribution is 6.30. The van der Waals surface area contributed by atoms with Crippen LogP contribution in [0.25, 0.3) is 0 Å². The van der Waals surface area contributed by atoms with E-state index in [1.165, 1.54) is 0 Å². The molecule has 1 aliphatic rings. The summed E-state index contributed by atoms with van der Waals surface area (Å²) in [4.78, 5) is 24.0. The Kier molecular flexibility index (Phi) is 3.76. The van der Waals surface area contributed by atoms with Gasteiger partial charge in [0, 0.05) is 28.3 Å². The largest absolute Gasteiger partial charge is 0.326 e. The maximum absolute atomic E-state index is 12.5. The molecular weight excluding hydrogens is 286 g/mol. The number of carbonyl (C=O) groups is 2. The van der Waals surface area contributed by atoms with Crippen LogP contribution in [0.1, 0.15) is 34.3 Å². The summed E-state index contributed by atoms with van der Waals surface area (Å²) in [5, 5.41) is 3.48. The van der Waals surface area contributed by atoms with Gasteiger partial charge < -0.3 is 5.32 Å². The molecule has 2 aromatic rings. The van der Waals surface area contributed by atoms with Crippen molar-refractivity contribution in [3.8, 4) is 0 Å². The third-order valence-electron chi connectivity index (χ3n) is 3.60. The number of benzene rings is 2. The van der Waals surface area contributed by atoms with E-state index in [-0.39, 0.29) is 11.7 Å². The van der Waals surface area contributed by atoms with Gasteiger partial charge in [-0.2, -0.15) is 0 Å². The summed E-state index contributed by atoms with van der Waals surface area (Å²) in [5.41, 5.74) is 3.06. The summed E-state index contributed by atoms with van der Waals surface area (Å²) in [7, 11) is 0. The molecule has 0 unspecified atom stereocenters. The number of amides is 1. The average Bonchev–Trinajstić information content (AvgIpc) is 2.67. The number of rotatable bonds is 2. The molecule has 0 fully saturated rings. The van der Waals surface area contributed by atoms with Crippen LogP contribution in [-0.4, -0.2) is 11.7 Å². The quantitative estimate of drug-likeness (QED) is 0.856. The van der Waals surface area contributed by atoms with Crippen molar-refractivity contribution in [2.75, 3.05) is 5.32 Å². The average molecular weight is 300 g/mol. The zero-order valence-corrected chi connectivity index (χ0v) is 12.1. The zero-order valence-electron chi connectivity index (χ0n) is 11.4. The molecule has 4 heteroatoms. The van der Waals surface area contributed by atoms with Crippen LogP contribution in [0.15, 0.2) is 42.5 Å². The molecule has 0 saturated heterocycles. The third kappa shape index (κ3) is 2.98. The van der Waals surface area contributed by atoms with Crippen LogP contribution >= 0.6 is 11.6 Å². The van der Waals surface area contributed by atoms with Crippen molar-refractivity contribution < 1.29 is 9.59 Å². The van der Waals surface area contributed by atoms with Gasteiger partial charge in [-0.15, -0.1) is 0 Å². The van der Waals surface area contributed by atoms with Gasteiger partial charge in [0.1, 0.15) is 0 Å². The van der Waals surface area contributed by atoms with Gasteiger partial charge in [-0.25, -0.2) is 0 Å². The van der Waals surface area contributed by atoms with Gasteiger partial charge >= 0.3 is 0 Å². The molecule has 0 spiro atoms. The second-order valence-electron chi connectivity index (χ2n) is 5.11. The number of hydrogen-bond acceptors (Lipinski definition) is 2. The van der Waals surface area contributed by atoms with Crippen molar-refractivity contribution in [3.63, 3.8) is 0 Å². The van der Waals surface area contributed by atoms with Crippen LogP contribution in [-0.2, 0) is 11.2 Å². The van der Waals surface area contributed by atoms with E-state index < -0.39 is 0 Å². The minimum atomic E-state index is -0.0370. The summed E-state index contributed by atoms with van der Waals surface area (Å²) in [6.07, 6.45) is 2.13. The zero-order chi connectivity index (χ0) is 14.8. The van der Waals surface area contributed by atoms with E-state index in [1.807, 2.05) is 12.1 Å². The van der Waals surface area contributed by atoms with E-state index in [0.29, 0.717) is 22.6 Å². The maximum Gasteiger partial charge on any atom is 0.224 e. The van der Waals surface area contributed by atoms with E-state index >= 15 is 0 Å². The summed E-state index contributed by atoms with van der Waals surface area (Å²) in [6, 6.07) is 12.3. The molecule has 3 nitrogen and oxygen atoms in total. The van der Waals surface area contributed by atoms with E-state index in [9.17, 15) is 9.59 Å². The number of aryl methyl sites for hydroxylation is 1. The van der Waals surface area contributed by atoms with Gasteiger partial charge in [-0.05, 0) is 60.9 Å². The van der Waals surface area contributed by atoms with Crippen LogP contribution in [0, 0.1) is 0 Å². The normalized spacial score (nSPS) is 14.0. The molecule has 0 atom stereocenters. The van der Waals surface area contributed by atoms with Gasteiger partial charge in [0.05, 0.1) is 0 Å². The Morgan fingerprint density at radius 1 is 1.00 bits per heavy atom. The SMILES string of the molecule is O=C1CCCc2cc(C(=O)c3ccc(Cl)cc3)ccc2N1. The molecule has 21 heavy (non-hydrogen) atoms. The molecule has 0 bridgehead atoms. The lowest BCUT2D eigenvalue weighted by molar-refractivity contribution is -0.116. The highest BCUT2D eigenvalue weighted by Gasteiger charge is 2.16. The van der Waals surface area contributed by atoms with Crippen LogP contribution in [0.5, 0.6) is 0 Å². The lowest BCUT2D eigenvalue weighted by Gasteiger charge is -2.09. The van der Waals surface area contributed by atoms with E-state index in [0.717, 1.165) is 24.1 Å². The molecule has 0 saturated carbocycles. The van der Waals surface area contributed by atoms with Crippen molar-refractivity contribution in [1.82, 2.24) is 0 Å². The second-order valence-corrected chi connectivity index (χ2v) is 5.55. The van der Waals surface area contributed by atoms with Gasteiger partial charge in [-0.1, -0.05) is 11.6 Å². The fraction of sp³-hybridized carbons (Fsp3) is 0.176. The first-order chi connectivity index (χ1) is 10.1. The first-order valence-electron chi connectivity index (χ1n) is 6.86. The smallest absolute Gasteiger partial charge is 0.224 e. The highest BCUT2D eigenvalue weighted by atomic mass is 35.5. The first kappa shape index (κ1) is 13.8. The molecule has 0 radical (unpaired) electrons. The lowest BCUT2D eigenvalue weighted by atomic mass is 9.98. The van der Waals surface area contributed by atoms with E-state index in [2.05, 4.69) is 5.32 Å². The summed E-state index contributed by atoms with van der Waals surface area (Å²) >= 11 is 5.84. The topological polar surface area (TPSA) is 46.2 Å². The lowest BCUT2D eigenvalue weighted by Crippen LogP contribution is -2.09. The number of halogens is 1. The summed E-state index contributed by atoms with van der Waals surface area (Å²) < 4.78 is 0. The molecule has 1 aliphatic heterocycles. The molecule has 1 N–H and O–H groups in total. The molecule has 0 aliphatic carbocycles. The Hall–Kier alpha value is -2.13. The van der Waals surface area contributed by atoms with Crippen molar-refractivity contribution in [2.24, 2.45) is 0 Å². The Balaban J connectivity index is 1.93. The molecular formula is C17H14ClNO2. The molecule has 3 rings (SSSR count). The Morgan fingerprint density at radius 3 is 2.48 bits per heavy atom. The number of ketones is 1. The van der Waals surface area contributed by atoms with Crippen molar-refractivity contribution >= 4 is 29.0 Å². The van der Waals surface area contributed by atoms with E-state index in [1.54, 1.807) is 30.3 Å². The Labute approximate surface area is 127 Å². The Bertz CT molecular complexity index is 707. The minimum absolute atomic E-state index is 0.0329. The standard InChI is InChI=1S/C17H14ClNO2/c18-14-7-4-11(5-8-14)17(21)13-6-9-15-12(10-13)2-1-3-16(20)19-15/h4-10H,1-3H2,(H,19,20). The second kappa shape index (κ2) is 5.70. The van der Waals surface area contributed by atoms with Crippen LogP contribution in [0.3, 0.4) is 0 Å². The molecule has 2 aromatic carbocycles. The van der Waals surface area contributed by atoms with Gasteiger partial charge in [0.2, 0.25) is 5.91 Å². The fourth-order valence-electron chi connectivity index (χ4n) is 2.48. The highest BCUT2D eigenvalue weighted by Crippen LogP contribution is 2.24. The van der Waals surface area contributed by atoms with Crippen LogP contribution < -0.4 is 5.32 Å². The van der Waals surface area contributed by atoms with E-state index in [4.69, 9.17) is 11.6 Å². The fourth-order valence-corrected chi connectivity index (χ4v) is 2.61.